The van der Waals surface area contributed by atoms with E-state index in [-0.39, 0.29) is 0 Å². The zero-order valence-corrected chi connectivity index (χ0v) is 13.5. The van der Waals surface area contributed by atoms with Crippen LogP contribution in [-0.4, -0.2) is 37.2 Å². The second-order valence-electron chi connectivity index (χ2n) is 7.13. The van der Waals surface area contributed by atoms with Gasteiger partial charge in [0.1, 0.15) is 0 Å². The van der Waals surface area contributed by atoms with Gasteiger partial charge < -0.3 is 9.64 Å². The van der Waals surface area contributed by atoms with E-state index in [0.717, 1.165) is 13.0 Å². The second-order valence-corrected chi connectivity index (χ2v) is 7.13. The van der Waals surface area contributed by atoms with Crippen LogP contribution in [0.1, 0.15) is 53.9 Å². The van der Waals surface area contributed by atoms with Crippen molar-refractivity contribution in [1.29, 1.82) is 0 Å². The van der Waals surface area contributed by atoms with Gasteiger partial charge in [-0.1, -0.05) is 34.6 Å². The molecular formula is C17H31NO. The van der Waals surface area contributed by atoms with E-state index < -0.39 is 0 Å². The zero-order valence-electron chi connectivity index (χ0n) is 13.5. The van der Waals surface area contributed by atoms with Gasteiger partial charge >= 0.3 is 0 Å². The van der Waals surface area contributed by atoms with Crippen molar-refractivity contribution in [2.24, 2.45) is 11.3 Å². The summed E-state index contributed by atoms with van der Waals surface area (Å²) in [6.45, 7) is 15.5. The molecule has 0 aromatic heterocycles. The highest BCUT2D eigenvalue weighted by Gasteiger charge is 2.22. The van der Waals surface area contributed by atoms with Gasteiger partial charge in [-0.3, -0.25) is 0 Å². The van der Waals surface area contributed by atoms with Gasteiger partial charge in [0.25, 0.3) is 0 Å². The van der Waals surface area contributed by atoms with E-state index in [4.69, 9.17) is 4.74 Å². The van der Waals surface area contributed by atoms with E-state index in [1.165, 1.54) is 32.5 Å². The van der Waals surface area contributed by atoms with E-state index in [9.17, 15) is 0 Å². The third-order valence-corrected chi connectivity index (χ3v) is 3.20. The summed E-state index contributed by atoms with van der Waals surface area (Å²) in [4.78, 5) is 2.57. The fourth-order valence-corrected chi connectivity index (χ4v) is 2.46. The van der Waals surface area contributed by atoms with E-state index in [0.29, 0.717) is 17.4 Å². The lowest BCUT2D eigenvalue weighted by atomic mass is 9.94. The average Bonchev–Trinajstić information content (AvgIpc) is 2.28. The minimum Gasteiger partial charge on any atom is -0.377 e. The number of hydrogen-bond donors (Lipinski definition) is 0. The summed E-state index contributed by atoms with van der Waals surface area (Å²) in [5.41, 5.74) is 0.403. The molecule has 0 unspecified atom stereocenters. The van der Waals surface area contributed by atoms with Gasteiger partial charge in [0.15, 0.2) is 0 Å². The van der Waals surface area contributed by atoms with Gasteiger partial charge in [0, 0.05) is 32.0 Å². The van der Waals surface area contributed by atoms with Crippen LogP contribution in [0.15, 0.2) is 0 Å². The molecule has 0 radical (unpaired) electrons. The first-order valence-electron chi connectivity index (χ1n) is 7.69. The summed E-state index contributed by atoms with van der Waals surface area (Å²) in [7, 11) is 0. The molecule has 1 rings (SSSR count). The molecule has 0 spiro atoms. The molecule has 0 aromatic rings. The minimum atomic E-state index is 0.403. The van der Waals surface area contributed by atoms with E-state index in [1.54, 1.807) is 0 Å². The molecule has 1 fully saturated rings. The number of ether oxygens (including phenoxy) is 1. The summed E-state index contributed by atoms with van der Waals surface area (Å²) in [5.74, 6) is 6.83. The monoisotopic (exact) mass is 265 g/mol. The molecule has 2 nitrogen and oxygen atoms in total. The smallest absolute Gasteiger partial charge is 0.0600 e. The Morgan fingerprint density at radius 1 is 1.21 bits per heavy atom. The van der Waals surface area contributed by atoms with Crippen molar-refractivity contribution in [2.75, 3.05) is 26.2 Å². The van der Waals surface area contributed by atoms with Gasteiger partial charge in [0.2, 0.25) is 0 Å². The fraction of sp³-hybridized carbons (Fsp3) is 0.882. The highest BCUT2D eigenvalue weighted by Crippen LogP contribution is 2.20. The van der Waals surface area contributed by atoms with Gasteiger partial charge in [0.05, 0.1) is 12.7 Å². The van der Waals surface area contributed by atoms with Crippen LogP contribution >= 0.6 is 0 Å². The average molecular weight is 265 g/mol. The third kappa shape index (κ3) is 8.29. The summed E-state index contributed by atoms with van der Waals surface area (Å²) in [6, 6.07) is 0. The van der Waals surface area contributed by atoms with Crippen LogP contribution in [0, 0.1) is 23.2 Å². The SMILES string of the molecule is CC(C)C#CCCOC1CCN(CC(C)(C)C)CC1. The molecule has 2 heteroatoms. The van der Waals surface area contributed by atoms with E-state index in [1.807, 2.05) is 0 Å². The van der Waals surface area contributed by atoms with Crippen molar-refractivity contribution in [2.45, 2.75) is 60.0 Å². The molecule has 0 aromatic carbocycles. The summed E-state index contributed by atoms with van der Waals surface area (Å²) < 4.78 is 5.91. The lowest BCUT2D eigenvalue weighted by Crippen LogP contribution is -2.41. The normalized spacial score (nSPS) is 18.4. The predicted molar refractivity (Wildman–Crippen MR) is 82.1 cm³/mol. The third-order valence-electron chi connectivity index (χ3n) is 3.20. The fourth-order valence-electron chi connectivity index (χ4n) is 2.46. The molecule has 0 atom stereocenters. The van der Waals surface area contributed by atoms with Crippen LogP contribution in [0.4, 0.5) is 0 Å². The van der Waals surface area contributed by atoms with Crippen LogP contribution < -0.4 is 0 Å². The first-order valence-corrected chi connectivity index (χ1v) is 7.69. The van der Waals surface area contributed by atoms with Crippen LogP contribution in [0.2, 0.25) is 0 Å². The number of nitrogens with zero attached hydrogens (tertiary/aromatic N) is 1. The maximum Gasteiger partial charge on any atom is 0.0600 e. The molecule has 0 N–H and O–H groups in total. The Hall–Kier alpha value is -0.520. The summed E-state index contributed by atoms with van der Waals surface area (Å²) in [5, 5.41) is 0. The predicted octanol–water partition coefficient (Wildman–Crippen LogP) is 3.56. The highest BCUT2D eigenvalue weighted by atomic mass is 16.5. The lowest BCUT2D eigenvalue weighted by molar-refractivity contribution is 0.00413. The van der Waals surface area contributed by atoms with Crippen molar-refractivity contribution < 1.29 is 4.74 Å². The second kappa shape index (κ2) is 7.92. The maximum atomic E-state index is 5.91. The number of rotatable bonds is 4. The van der Waals surface area contributed by atoms with Crippen LogP contribution in [-0.2, 0) is 4.74 Å². The maximum absolute atomic E-state index is 5.91. The van der Waals surface area contributed by atoms with Crippen molar-refractivity contribution in [3.63, 3.8) is 0 Å². The molecule has 1 aliphatic heterocycles. The first-order chi connectivity index (χ1) is 8.87. The van der Waals surface area contributed by atoms with Crippen LogP contribution in [0.3, 0.4) is 0 Å². The lowest BCUT2D eigenvalue weighted by Gasteiger charge is -2.35. The van der Waals surface area contributed by atoms with Crippen molar-refractivity contribution in [3.05, 3.63) is 0 Å². The molecule has 0 aliphatic carbocycles. The highest BCUT2D eigenvalue weighted by molar-refractivity contribution is 5.01. The summed E-state index contributed by atoms with van der Waals surface area (Å²) >= 11 is 0. The number of likely N-dealkylation sites (tertiary alicyclic amines) is 1. The zero-order chi connectivity index (χ0) is 14.3. The van der Waals surface area contributed by atoms with E-state index in [2.05, 4.69) is 51.4 Å². The Morgan fingerprint density at radius 3 is 2.37 bits per heavy atom. The summed E-state index contributed by atoms with van der Waals surface area (Å²) in [6.07, 6.45) is 3.68. The Balaban J connectivity index is 2.12. The standard InChI is InChI=1S/C17H31NO/c1-15(2)8-6-7-13-19-16-9-11-18(12-10-16)14-17(3,4)5/h15-16H,7,9-14H2,1-5H3. The molecule has 1 aliphatic rings. The van der Waals surface area contributed by atoms with Gasteiger partial charge in [-0.2, -0.15) is 0 Å². The molecule has 0 bridgehead atoms. The number of piperidine rings is 1. The van der Waals surface area contributed by atoms with Crippen molar-refractivity contribution in [3.8, 4) is 11.8 Å². The molecule has 0 amide bonds. The molecule has 0 saturated carbocycles. The Kier molecular flexibility index (Phi) is 6.89. The minimum absolute atomic E-state index is 0.403. The van der Waals surface area contributed by atoms with Crippen molar-refractivity contribution in [1.82, 2.24) is 4.90 Å². The number of hydrogen-bond acceptors (Lipinski definition) is 2. The Bertz CT molecular complexity index is 297. The Labute approximate surface area is 119 Å². The quantitative estimate of drug-likeness (QED) is 0.569. The largest absolute Gasteiger partial charge is 0.377 e. The van der Waals surface area contributed by atoms with E-state index >= 15 is 0 Å². The Morgan fingerprint density at radius 2 is 1.84 bits per heavy atom. The molecule has 110 valence electrons. The first kappa shape index (κ1) is 16.5. The van der Waals surface area contributed by atoms with Gasteiger partial charge in [-0.15, -0.1) is 11.8 Å². The van der Waals surface area contributed by atoms with Gasteiger partial charge in [-0.25, -0.2) is 0 Å². The van der Waals surface area contributed by atoms with Crippen LogP contribution in [0.5, 0.6) is 0 Å². The van der Waals surface area contributed by atoms with Gasteiger partial charge in [-0.05, 0) is 18.3 Å². The topological polar surface area (TPSA) is 12.5 Å². The van der Waals surface area contributed by atoms with Crippen molar-refractivity contribution >= 4 is 0 Å². The molecule has 1 heterocycles. The molecule has 1 saturated heterocycles. The van der Waals surface area contributed by atoms with Crippen LogP contribution in [0.25, 0.3) is 0 Å². The molecular weight excluding hydrogens is 234 g/mol. The molecule has 19 heavy (non-hydrogen) atoms.